The lowest BCUT2D eigenvalue weighted by Crippen LogP contribution is -2.38. The summed E-state index contributed by atoms with van der Waals surface area (Å²) in [5, 5.41) is 11.9. The van der Waals surface area contributed by atoms with E-state index in [1.165, 1.54) is 37.6 Å². The van der Waals surface area contributed by atoms with Crippen molar-refractivity contribution in [3.05, 3.63) is 46.3 Å². The van der Waals surface area contributed by atoms with Crippen molar-refractivity contribution < 1.29 is 23.9 Å². The summed E-state index contributed by atoms with van der Waals surface area (Å²) in [5.74, 6) is 1.17. The standard InChI is InChI=1S/C23H28N4O6/c1-2-31-23(28)33-19-11-13-26(14-12-19)21-20(27(29)30)22(25-15-24-21)32-18-9-7-17(8-10-18)16-5-3-4-6-16/h7-10,15-16,19H,2-6,11-14H2,1H3. The first-order valence-corrected chi connectivity index (χ1v) is 11.4. The molecule has 10 nitrogen and oxygen atoms in total. The van der Waals surface area contributed by atoms with Crippen LogP contribution in [0.15, 0.2) is 30.6 Å². The van der Waals surface area contributed by atoms with Crippen molar-refractivity contribution in [2.45, 2.75) is 57.5 Å². The smallest absolute Gasteiger partial charge is 0.435 e. The number of rotatable bonds is 7. The number of nitrogens with zero attached hydrogens (tertiary/aromatic N) is 4. The highest BCUT2D eigenvalue weighted by Gasteiger charge is 2.32. The summed E-state index contributed by atoms with van der Waals surface area (Å²) in [7, 11) is 0. The maximum atomic E-state index is 11.9. The second-order valence-corrected chi connectivity index (χ2v) is 8.25. The fourth-order valence-electron chi connectivity index (χ4n) is 4.47. The third-order valence-electron chi connectivity index (χ3n) is 6.14. The first-order valence-electron chi connectivity index (χ1n) is 11.4. The van der Waals surface area contributed by atoms with Crippen molar-refractivity contribution in [3.8, 4) is 11.6 Å². The number of carbonyl (C=O) groups excluding carboxylic acids is 1. The van der Waals surface area contributed by atoms with Gasteiger partial charge in [-0.1, -0.05) is 25.0 Å². The van der Waals surface area contributed by atoms with E-state index in [0.29, 0.717) is 37.6 Å². The number of hydrogen-bond acceptors (Lipinski definition) is 9. The SMILES string of the molecule is CCOC(=O)OC1CCN(c2ncnc(Oc3ccc(C4CCCC4)cc3)c2[N+](=O)[O-])CC1. The fraction of sp³-hybridized carbons (Fsp3) is 0.522. The lowest BCUT2D eigenvalue weighted by atomic mass is 9.98. The van der Waals surface area contributed by atoms with Gasteiger partial charge in [-0.3, -0.25) is 10.1 Å². The first kappa shape index (κ1) is 22.8. The molecular weight excluding hydrogens is 428 g/mol. The van der Waals surface area contributed by atoms with Crippen molar-refractivity contribution in [1.82, 2.24) is 9.97 Å². The minimum Gasteiger partial charge on any atom is -0.435 e. The van der Waals surface area contributed by atoms with Gasteiger partial charge < -0.3 is 19.1 Å². The molecule has 2 aromatic rings. The topological polar surface area (TPSA) is 117 Å². The van der Waals surface area contributed by atoms with Gasteiger partial charge in [0.05, 0.1) is 11.5 Å². The molecule has 33 heavy (non-hydrogen) atoms. The fourth-order valence-corrected chi connectivity index (χ4v) is 4.47. The van der Waals surface area contributed by atoms with Crippen LogP contribution in [-0.2, 0) is 9.47 Å². The first-order chi connectivity index (χ1) is 16.0. The normalized spacial score (nSPS) is 17.1. The molecule has 1 aliphatic heterocycles. The van der Waals surface area contributed by atoms with E-state index in [0.717, 1.165) is 0 Å². The summed E-state index contributed by atoms with van der Waals surface area (Å²) in [4.78, 5) is 32.9. The third-order valence-corrected chi connectivity index (χ3v) is 6.14. The minimum absolute atomic E-state index is 0.0940. The van der Waals surface area contributed by atoms with Gasteiger partial charge >= 0.3 is 17.7 Å². The number of anilines is 1. The van der Waals surface area contributed by atoms with Gasteiger partial charge in [0.15, 0.2) is 0 Å². The van der Waals surface area contributed by atoms with E-state index < -0.39 is 11.1 Å². The highest BCUT2D eigenvalue weighted by atomic mass is 16.7. The van der Waals surface area contributed by atoms with E-state index in [1.807, 2.05) is 24.3 Å². The Balaban J connectivity index is 1.46. The number of aromatic nitrogens is 2. The Labute approximate surface area is 192 Å². The molecule has 1 aromatic carbocycles. The number of nitro groups is 1. The average molecular weight is 456 g/mol. The minimum atomic E-state index is -0.696. The second kappa shape index (κ2) is 10.5. The Kier molecular flexibility index (Phi) is 7.21. The summed E-state index contributed by atoms with van der Waals surface area (Å²) >= 11 is 0. The molecule has 2 heterocycles. The largest absolute Gasteiger partial charge is 0.508 e. The predicted molar refractivity (Wildman–Crippen MR) is 120 cm³/mol. The van der Waals surface area contributed by atoms with Gasteiger partial charge in [0, 0.05) is 25.9 Å². The Morgan fingerprint density at radius 2 is 1.82 bits per heavy atom. The van der Waals surface area contributed by atoms with Gasteiger partial charge in [0.1, 0.15) is 18.2 Å². The van der Waals surface area contributed by atoms with Crippen LogP contribution in [0.1, 0.15) is 56.9 Å². The Bertz CT molecular complexity index is 969. The average Bonchev–Trinajstić information content (AvgIpc) is 3.35. The molecule has 1 aromatic heterocycles. The Hall–Kier alpha value is -3.43. The van der Waals surface area contributed by atoms with Crippen LogP contribution in [0.3, 0.4) is 0 Å². The van der Waals surface area contributed by atoms with Crippen LogP contribution in [0.4, 0.5) is 16.3 Å². The number of carbonyl (C=O) groups is 1. The van der Waals surface area contributed by atoms with E-state index in [-0.39, 0.29) is 30.1 Å². The zero-order valence-corrected chi connectivity index (χ0v) is 18.6. The molecule has 1 saturated heterocycles. The van der Waals surface area contributed by atoms with E-state index in [1.54, 1.807) is 11.8 Å². The maximum absolute atomic E-state index is 11.9. The summed E-state index contributed by atoms with van der Waals surface area (Å²) in [6, 6.07) is 7.70. The molecule has 4 rings (SSSR count). The van der Waals surface area contributed by atoms with Crippen LogP contribution in [0.2, 0.25) is 0 Å². The van der Waals surface area contributed by atoms with Crippen molar-refractivity contribution >= 4 is 17.7 Å². The third kappa shape index (κ3) is 5.50. The van der Waals surface area contributed by atoms with Crippen LogP contribution in [0, 0.1) is 10.1 Å². The highest BCUT2D eigenvalue weighted by molar-refractivity contribution is 5.64. The molecule has 1 aliphatic carbocycles. The lowest BCUT2D eigenvalue weighted by Gasteiger charge is -2.31. The molecule has 0 spiro atoms. The molecule has 1 saturated carbocycles. The molecule has 0 amide bonds. The van der Waals surface area contributed by atoms with E-state index in [2.05, 4.69) is 9.97 Å². The monoisotopic (exact) mass is 456 g/mol. The summed E-state index contributed by atoms with van der Waals surface area (Å²) in [6.45, 7) is 2.84. The van der Waals surface area contributed by atoms with Gasteiger partial charge in [0.25, 0.3) is 0 Å². The number of benzene rings is 1. The molecule has 2 fully saturated rings. The van der Waals surface area contributed by atoms with Crippen LogP contribution >= 0.6 is 0 Å². The van der Waals surface area contributed by atoms with Crippen LogP contribution in [-0.4, -0.2) is 46.8 Å². The number of piperidine rings is 1. The van der Waals surface area contributed by atoms with Gasteiger partial charge in [-0.25, -0.2) is 9.78 Å². The molecule has 0 atom stereocenters. The molecule has 176 valence electrons. The molecular formula is C23H28N4O6. The zero-order chi connectivity index (χ0) is 23.2. The molecule has 0 radical (unpaired) electrons. The predicted octanol–water partition coefficient (Wildman–Crippen LogP) is 4.98. The van der Waals surface area contributed by atoms with E-state index in [4.69, 9.17) is 14.2 Å². The summed E-state index contributed by atoms with van der Waals surface area (Å²) < 4.78 is 15.9. The van der Waals surface area contributed by atoms with Crippen LogP contribution in [0.25, 0.3) is 0 Å². The number of hydrogen-bond donors (Lipinski definition) is 0. The van der Waals surface area contributed by atoms with Crippen molar-refractivity contribution in [2.24, 2.45) is 0 Å². The van der Waals surface area contributed by atoms with Crippen molar-refractivity contribution in [2.75, 3.05) is 24.6 Å². The quantitative estimate of drug-likeness (QED) is 0.323. The van der Waals surface area contributed by atoms with Gasteiger partial charge in [-0.2, -0.15) is 4.98 Å². The highest BCUT2D eigenvalue weighted by Crippen LogP contribution is 2.38. The van der Waals surface area contributed by atoms with Crippen LogP contribution in [0.5, 0.6) is 11.6 Å². The molecule has 0 N–H and O–H groups in total. The van der Waals surface area contributed by atoms with Crippen molar-refractivity contribution in [3.63, 3.8) is 0 Å². The lowest BCUT2D eigenvalue weighted by molar-refractivity contribution is -0.385. The summed E-state index contributed by atoms with van der Waals surface area (Å²) in [6.07, 6.45) is 6.21. The summed E-state index contributed by atoms with van der Waals surface area (Å²) in [5.41, 5.74) is 0.993. The molecule has 0 unspecified atom stereocenters. The Morgan fingerprint density at radius 3 is 2.45 bits per heavy atom. The van der Waals surface area contributed by atoms with E-state index in [9.17, 15) is 14.9 Å². The van der Waals surface area contributed by atoms with Gasteiger partial charge in [0.2, 0.25) is 5.82 Å². The number of ether oxygens (including phenoxy) is 3. The zero-order valence-electron chi connectivity index (χ0n) is 18.6. The Morgan fingerprint density at radius 1 is 1.12 bits per heavy atom. The molecule has 2 aliphatic rings. The molecule has 0 bridgehead atoms. The van der Waals surface area contributed by atoms with Gasteiger partial charge in [-0.05, 0) is 43.4 Å². The van der Waals surface area contributed by atoms with Crippen LogP contribution < -0.4 is 9.64 Å². The maximum Gasteiger partial charge on any atom is 0.508 e. The second-order valence-electron chi connectivity index (χ2n) is 8.25. The van der Waals surface area contributed by atoms with E-state index >= 15 is 0 Å². The van der Waals surface area contributed by atoms with Gasteiger partial charge in [-0.15, -0.1) is 0 Å². The molecule has 10 heteroatoms. The van der Waals surface area contributed by atoms with Crippen molar-refractivity contribution in [1.29, 1.82) is 0 Å².